The zero-order chi connectivity index (χ0) is 14.7. The van der Waals surface area contributed by atoms with Crippen LogP contribution in [-0.2, 0) is 0 Å². The van der Waals surface area contributed by atoms with Crippen molar-refractivity contribution in [3.05, 3.63) is 29.1 Å². The minimum absolute atomic E-state index is 0.220. The average Bonchev–Trinajstić information content (AvgIpc) is 2.59. The maximum Gasteiger partial charge on any atom is 0.248 e. The van der Waals surface area contributed by atoms with Gasteiger partial charge in [-0.05, 0) is 44.2 Å². The molecule has 3 N–H and O–H groups in total. The van der Waals surface area contributed by atoms with Gasteiger partial charge in [0.1, 0.15) is 5.82 Å². The fourth-order valence-corrected chi connectivity index (χ4v) is 2.82. The quantitative estimate of drug-likeness (QED) is 0.830. The molecule has 1 amide bonds. The summed E-state index contributed by atoms with van der Waals surface area (Å²) in [6, 6.07) is 3.22. The summed E-state index contributed by atoms with van der Waals surface area (Å²) in [5.41, 5.74) is 6.71. The van der Waals surface area contributed by atoms with E-state index in [4.69, 9.17) is 5.73 Å². The number of hydrogen-bond acceptors (Lipinski definition) is 2. The van der Waals surface area contributed by atoms with E-state index in [-0.39, 0.29) is 11.4 Å². The molecule has 1 fully saturated rings. The van der Waals surface area contributed by atoms with Crippen LogP contribution in [-0.4, -0.2) is 11.9 Å². The van der Waals surface area contributed by atoms with Crippen molar-refractivity contribution in [1.29, 1.82) is 0 Å². The predicted octanol–water partition coefficient (Wildman–Crippen LogP) is 3.61. The number of primary amides is 1. The highest BCUT2D eigenvalue weighted by Crippen LogP contribution is 2.27. The summed E-state index contributed by atoms with van der Waals surface area (Å²) in [6.07, 6.45) is 5.81. The van der Waals surface area contributed by atoms with Crippen molar-refractivity contribution in [2.75, 3.05) is 5.32 Å². The normalized spacial score (nSPS) is 23.1. The van der Waals surface area contributed by atoms with E-state index >= 15 is 0 Å². The van der Waals surface area contributed by atoms with Crippen molar-refractivity contribution >= 4 is 11.6 Å². The second-order valence-electron chi connectivity index (χ2n) is 5.95. The number of carbonyl (C=O) groups is 1. The number of nitrogens with two attached hydrogens (primary N) is 1. The number of hydrogen-bond donors (Lipinski definition) is 2. The SMILES string of the molecule is Cc1c(F)cc(C(N)=O)cc1NC1CCCC(C)CC1. The zero-order valence-electron chi connectivity index (χ0n) is 12.2. The Labute approximate surface area is 119 Å². The van der Waals surface area contributed by atoms with Gasteiger partial charge in [-0.25, -0.2) is 4.39 Å². The first kappa shape index (κ1) is 14.8. The molecule has 2 atom stereocenters. The van der Waals surface area contributed by atoms with Gasteiger partial charge in [-0.3, -0.25) is 4.79 Å². The topological polar surface area (TPSA) is 55.1 Å². The number of nitrogens with one attached hydrogen (secondary N) is 1. The van der Waals surface area contributed by atoms with Crippen LogP contribution in [0.4, 0.5) is 10.1 Å². The van der Waals surface area contributed by atoms with Crippen LogP contribution in [0.3, 0.4) is 0 Å². The molecule has 1 aromatic carbocycles. The third-order valence-corrected chi connectivity index (χ3v) is 4.25. The minimum atomic E-state index is -0.596. The van der Waals surface area contributed by atoms with Gasteiger partial charge in [-0.1, -0.05) is 19.8 Å². The second kappa shape index (κ2) is 6.25. The molecule has 2 rings (SSSR count). The summed E-state index contributed by atoms with van der Waals surface area (Å²) in [5.74, 6) is -0.219. The lowest BCUT2D eigenvalue weighted by Crippen LogP contribution is -2.20. The van der Waals surface area contributed by atoms with Crippen LogP contribution >= 0.6 is 0 Å². The van der Waals surface area contributed by atoms with E-state index in [1.807, 2.05) is 0 Å². The third-order valence-electron chi connectivity index (χ3n) is 4.25. The number of amides is 1. The van der Waals surface area contributed by atoms with Crippen molar-refractivity contribution in [3.8, 4) is 0 Å². The smallest absolute Gasteiger partial charge is 0.248 e. The van der Waals surface area contributed by atoms with Crippen LogP contribution in [0.15, 0.2) is 12.1 Å². The van der Waals surface area contributed by atoms with Crippen LogP contribution < -0.4 is 11.1 Å². The number of rotatable bonds is 3. The van der Waals surface area contributed by atoms with Crippen LogP contribution in [0, 0.1) is 18.7 Å². The van der Waals surface area contributed by atoms with Gasteiger partial charge in [0, 0.05) is 22.9 Å². The molecule has 1 aliphatic rings. The molecule has 0 radical (unpaired) electrons. The second-order valence-corrected chi connectivity index (χ2v) is 5.95. The Kier molecular flexibility index (Phi) is 4.63. The van der Waals surface area contributed by atoms with E-state index in [1.54, 1.807) is 13.0 Å². The number of anilines is 1. The Balaban J connectivity index is 2.17. The predicted molar refractivity (Wildman–Crippen MR) is 79.3 cm³/mol. The monoisotopic (exact) mass is 278 g/mol. The third kappa shape index (κ3) is 3.50. The molecule has 3 nitrogen and oxygen atoms in total. The molecule has 1 aliphatic carbocycles. The van der Waals surface area contributed by atoms with Gasteiger partial charge in [-0.15, -0.1) is 0 Å². The standard InChI is InChI=1S/C16H23FN2O/c1-10-4-3-5-13(7-6-10)19-15-9-12(16(18)20)8-14(17)11(15)2/h8-10,13,19H,3-7H2,1-2H3,(H2,18,20). The molecular formula is C16H23FN2O. The van der Waals surface area contributed by atoms with Crippen LogP contribution in [0.1, 0.15) is 54.9 Å². The van der Waals surface area contributed by atoms with E-state index in [2.05, 4.69) is 12.2 Å². The minimum Gasteiger partial charge on any atom is -0.382 e. The highest BCUT2D eigenvalue weighted by molar-refractivity contribution is 5.94. The van der Waals surface area contributed by atoms with Crippen molar-refractivity contribution in [2.24, 2.45) is 11.7 Å². The Hall–Kier alpha value is -1.58. The van der Waals surface area contributed by atoms with Gasteiger partial charge < -0.3 is 11.1 Å². The first-order valence-corrected chi connectivity index (χ1v) is 7.34. The van der Waals surface area contributed by atoms with Crippen LogP contribution in [0.5, 0.6) is 0 Å². The molecule has 0 spiro atoms. The van der Waals surface area contributed by atoms with Gasteiger partial charge in [0.25, 0.3) is 0 Å². The molecule has 1 saturated carbocycles. The molecule has 0 heterocycles. The van der Waals surface area contributed by atoms with E-state index < -0.39 is 5.91 Å². The summed E-state index contributed by atoms with van der Waals surface area (Å²) in [7, 11) is 0. The average molecular weight is 278 g/mol. The number of carbonyl (C=O) groups excluding carboxylic acids is 1. The maximum atomic E-state index is 13.8. The molecule has 0 bridgehead atoms. The fraction of sp³-hybridized carbons (Fsp3) is 0.562. The van der Waals surface area contributed by atoms with Crippen molar-refractivity contribution < 1.29 is 9.18 Å². The fourth-order valence-electron chi connectivity index (χ4n) is 2.82. The highest BCUT2D eigenvalue weighted by atomic mass is 19.1. The van der Waals surface area contributed by atoms with Gasteiger partial charge in [0.2, 0.25) is 5.91 Å². The Morgan fingerprint density at radius 2 is 2.05 bits per heavy atom. The molecule has 0 aromatic heterocycles. The first-order chi connectivity index (χ1) is 9.47. The summed E-state index contributed by atoms with van der Waals surface area (Å²) in [4.78, 5) is 11.2. The molecule has 1 aromatic rings. The van der Waals surface area contributed by atoms with Gasteiger partial charge in [-0.2, -0.15) is 0 Å². The van der Waals surface area contributed by atoms with E-state index in [9.17, 15) is 9.18 Å². The summed E-state index contributed by atoms with van der Waals surface area (Å²) < 4.78 is 13.8. The lowest BCUT2D eigenvalue weighted by atomic mass is 10.0. The molecule has 0 aliphatic heterocycles. The summed E-state index contributed by atoms with van der Waals surface area (Å²) in [6.45, 7) is 4.00. The lowest BCUT2D eigenvalue weighted by Gasteiger charge is -2.20. The van der Waals surface area contributed by atoms with Gasteiger partial charge >= 0.3 is 0 Å². The van der Waals surface area contributed by atoms with Crippen LogP contribution in [0.25, 0.3) is 0 Å². The Morgan fingerprint density at radius 3 is 2.75 bits per heavy atom. The zero-order valence-corrected chi connectivity index (χ0v) is 12.2. The molecule has 110 valence electrons. The van der Waals surface area contributed by atoms with E-state index in [0.717, 1.165) is 18.8 Å². The van der Waals surface area contributed by atoms with E-state index in [0.29, 0.717) is 17.3 Å². The first-order valence-electron chi connectivity index (χ1n) is 7.34. The molecule has 4 heteroatoms. The maximum absolute atomic E-state index is 13.8. The highest BCUT2D eigenvalue weighted by Gasteiger charge is 2.18. The summed E-state index contributed by atoms with van der Waals surface area (Å²) in [5, 5.41) is 3.40. The lowest BCUT2D eigenvalue weighted by molar-refractivity contribution is 0.1000. The van der Waals surface area contributed by atoms with Crippen molar-refractivity contribution in [2.45, 2.75) is 52.0 Å². The van der Waals surface area contributed by atoms with Crippen LogP contribution in [0.2, 0.25) is 0 Å². The number of halogens is 1. The Morgan fingerprint density at radius 1 is 1.30 bits per heavy atom. The number of benzene rings is 1. The summed E-state index contributed by atoms with van der Waals surface area (Å²) >= 11 is 0. The Bertz CT molecular complexity index is 501. The molecule has 0 saturated heterocycles. The van der Waals surface area contributed by atoms with E-state index in [1.165, 1.54) is 25.3 Å². The molecule has 2 unspecified atom stereocenters. The largest absolute Gasteiger partial charge is 0.382 e. The molecular weight excluding hydrogens is 255 g/mol. The van der Waals surface area contributed by atoms with Gasteiger partial charge in [0.15, 0.2) is 0 Å². The van der Waals surface area contributed by atoms with Crippen molar-refractivity contribution in [3.63, 3.8) is 0 Å². The van der Waals surface area contributed by atoms with Crippen molar-refractivity contribution in [1.82, 2.24) is 0 Å². The van der Waals surface area contributed by atoms with Gasteiger partial charge in [0.05, 0.1) is 0 Å². The molecule has 20 heavy (non-hydrogen) atoms.